The van der Waals surface area contributed by atoms with E-state index in [9.17, 15) is 9.90 Å². The van der Waals surface area contributed by atoms with Crippen molar-refractivity contribution in [3.8, 4) is 11.5 Å². The molecule has 1 aliphatic rings. The fourth-order valence-corrected chi connectivity index (χ4v) is 3.13. The Labute approximate surface area is 165 Å². The van der Waals surface area contributed by atoms with Crippen LogP contribution in [0.3, 0.4) is 0 Å². The van der Waals surface area contributed by atoms with Crippen LogP contribution >= 0.6 is 0 Å². The lowest BCUT2D eigenvalue weighted by Crippen LogP contribution is -2.38. The van der Waals surface area contributed by atoms with Crippen molar-refractivity contribution in [3.05, 3.63) is 59.7 Å². The third-order valence-electron chi connectivity index (χ3n) is 4.60. The van der Waals surface area contributed by atoms with Gasteiger partial charge in [0.15, 0.2) is 11.5 Å². The summed E-state index contributed by atoms with van der Waals surface area (Å²) in [5.74, 6) is 0.773. The maximum Gasteiger partial charge on any atom is 0.350 e. The summed E-state index contributed by atoms with van der Waals surface area (Å²) >= 11 is 0. The Morgan fingerprint density at radius 2 is 2.04 bits per heavy atom. The predicted octanol–water partition coefficient (Wildman–Crippen LogP) is 2.64. The first kappa shape index (κ1) is 20.2. The predicted molar refractivity (Wildman–Crippen MR) is 106 cm³/mol. The lowest BCUT2D eigenvalue weighted by molar-refractivity contribution is -0.153. The van der Waals surface area contributed by atoms with Crippen molar-refractivity contribution in [2.45, 2.75) is 38.5 Å². The highest BCUT2D eigenvalue weighted by Crippen LogP contribution is 2.33. The number of aliphatic hydroxyl groups excluding tert-OH is 1. The van der Waals surface area contributed by atoms with Crippen molar-refractivity contribution in [3.63, 3.8) is 0 Å². The molecule has 2 N–H and O–H groups in total. The van der Waals surface area contributed by atoms with E-state index < -0.39 is 18.2 Å². The molecule has 0 amide bonds. The van der Waals surface area contributed by atoms with Gasteiger partial charge in [0.2, 0.25) is 6.10 Å². The monoisotopic (exact) mass is 385 g/mol. The molecule has 1 aliphatic heterocycles. The summed E-state index contributed by atoms with van der Waals surface area (Å²) in [7, 11) is 0. The van der Waals surface area contributed by atoms with Crippen LogP contribution in [0, 0.1) is 0 Å². The van der Waals surface area contributed by atoms with Crippen LogP contribution in [0.5, 0.6) is 11.5 Å². The first-order chi connectivity index (χ1) is 13.6. The molecule has 1 heterocycles. The summed E-state index contributed by atoms with van der Waals surface area (Å²) in [5, 5.41) is 13.6. The number of nitrogens with one attached hydrogen (secondary N) is 1. The number of rotatable bonds is 8. The van der Waals surface area contributed by atoms with E-state index in [1.54, 1.807) is 6.92 Å². The van der Waals surface area contributed by atoms with Crippen LogP contribution in [0.25, 0.3) is 0 Å². The van der Waals surface area contributed by atoms with Crippen LogP contribution in [0.4, 0.5) is 0 Å². The number of esters is 1. The van der Waals surface area contributed by atoms with Crippen molar-refractivity contribution in [2.75, 3.05) is 19.8 Å². The molecule has 3 rings (SSSR count). The number of carbonyl (C=O) groups excluding carboxylic acids is 1. The SMILES string of the molecule is CCOC(=O)C1COc2cc(CC(C)NCC(O)c3ccccc3)ccc2O1. The molecule has 3 unspecified atom stereocenters. The highest BCUT2D eigenvalue weighted by atomic mass is 16.6. The van der Waals surface area contributed by atoms with Gasteiger partial charge in [-0.05, 0) is 43.5 Å². The lowest BCUT2D eigenvalue weighted by atomic mass is 10.0. The van der Waals surface area contributed by atoms with Crippen molar-refractivity contribution >= 4 is 5.97 Å². The molecule has 0 saturated carbocycles. The van der Waals surface area contributed by atoms with Crippen LogP contribution in [-0.4, -0.2) is 43.0 Å². The van der Waals surface area contributed by atoms with Gasteiger partial charge >= 0.3 is 5.97 Å². The first-order valence-corrected chi connectivity index (χ1v) is 9.62. The quantitative estimate of drug-likeness (QED) is 0.681. The van der Waals surface area contributed by atoms with Gasteiger partial charge in [0.1, 0.15) is 6.61 Å². The van der Waals surface area contributed by atoms with Crippen molar-refractivity contribution in [2.24, 2.45) is 0 Å². The van der Waals surface area contributed by atoms with Crippen LogP contribution in [0.2, 0.25) is 0 Å². The van der Waals surface area contributed by atoms with Crippen molar-refractivity contribution < 1.29 is 24.1 Å². The average Bonchev–Trinajstić information content (AvgIpc) is 2.72. The lowest BCUT2D eigenvalue weighted by Gasteiger charge is -2.25. The largest absolute Gasteiger partial charge is 0.485 e. The van der Waals surface area contributed by atoms with E-state index in [1.807, 2.05) is 48.5 Å². The molecule has 2 aromatic carbocycles. The number of benzene rings is 2. The van der Waals surface area contributed by atoms with E-state index in [-0.39, 0.29) is 12.6 Å². The van der Waals surface area contributed by atoms with Gasteiger partial charge in [-0.25, -0.2) is 4.79 Å². The van der Waals surface area contributed by atoms with Crippen LogP contribution in [0.15, 0.2) is 48.5 Å². The third-order valence-corrected chi connectivity index (χ3v) is 4.60. The Hall–Kier alpha value is -2.57. The first-order valence-electron chi connectivity index (χ1n) is 9.62. The number of hydrogen-bond acceptors (Lipinski definition) is 6. The Kier molecular flexibility index (Phi) is 6.90. The van der Waals surface area contributed by atoms with Crippen LogP contribution < -0.4 is 14.8 Å². The molecule has 0 fully saturated rings. The van der Waals surface area contributed by atoms with Gasteiger partial charge in [-0.3, -0.25) is 0 Å². The Balaban J connectivity index is 1.52. The minimum atomic E-state index is -0.724. The highest BCUT2D eigenvalue weighted by molar-refractivity contribution is 5.76. The molecular formula is C22H27NO5. The molecular weight excluding hydrogens is 358 g/mol. The standard InChI is InChI=1S/C22H27NO5/c1-3-26-22(25)21-14-27-20-12-16(9-10-19(20)28-21)11-15(2)23-13-18(24)17-7-5-4-6-8-17/h4-10,12,15,18,21,23-24H,3,11,13-14H2,1-2H3. The summed E-state index contributed by atoms with van der Waals surface area (Å²) in [5.41, 5.74) is 1.99. The zero-order valence-corrected chi connectivity index (χ0v) is 16.3. The Morgan fingerprint density at radius 3 is 2.79 bits per heavy atom. The Bertz CT molecular complexity index is 780. The smallest absolute Gasteiger partial charge is 0.350 e. The molecule has 0 bridgehead atoms. The number of fused-ring (bicyclic) bond motifs is 1. The molecule has 150 valence electrons. The van der Waals surface area contributed by atoms with Gasteiger partial charge < -0.3 is 24.6 Å². The summed E-state index contributed by atoms with van der Waals surface area (Å²) < 4.78 is 16.4. The van der Waals surface area contributed by atoms with E-state index in [1.165, 1.54) is 0 Å². The normalized spacial score (nSPS) is 17.6. The number of aliphatic hydroxyl groups is 1. The van der Waals surface area contributed by atoms with Gasteiger partial charge in [0, 0.05) is 12.6 Å². The zero-order valence-electron chi connectivity index (χ0n) is 16.3. The molecule has 0 aromatic heterocycles. The van der Waals surface area contributed by atoms with Gasteiger partial charge in [-0.2, -0.15) is 0 Å². The van der Waals surface area contributed by atoms with Gasteiger partial charge in [0.25, 0.3) is 0 Å². The van der Waals surface area contributed by atoms with Crippen molar-refractivity contribution in [1.82, 2.24) is 5.32 Å². The van der Waals surface area contributed by atoms with Crippen LogP contribution in [0.1, 0.15) is 31.1 Å². The molecule has 0 saturated heterocycles. The van der Waals surface area contributed by atoms with Crippen LogP contribution in [-0.2, 0) is 16.0 Å². The molecule has 0 spiro atoms. The molecule has 6 heteroatoms. The van der Waals surface area contributed by atoms with E-state index in [0.29, 0.717) is 24.7 Å². The maximum atomic E-state index is 11.8. The molecule has 3 atom stereocenters. The van der Waals surface area contributed by atoms with E-state index in [0.717, 1.165) is 17.5 Å². The number of hydrogen-bond donors (Lipinski definition) is 2. The minimum absolute atomic E-state index is 0.145. The molecule has 2 aromatic rings. The second kappa shape index (κ2) is 9.57. The van der Waals surface area contributed by atoms with E-state index in [2.05, 4.69) is 12.2 Å². The summed E-state index contributed by atoms with van der Waals surface area (Å²) in [6.45, 7) is 4.78. The maximum absolute atomic E-state index is 11.8. The fourth-order valence-electron chi connectivity index (χ4n) is 3.13. The van der Waals surface area contributed by atoms with Gasteiger partial charge in [-0.1, -0.05) is 36.4 Å². The second-order valence-electron chi connectivity index (χ2n) is 6.89. The number of carbonyl (C=O) groups is 1. The number of ether oxygens (including phenoxy) is 3. The molecule has 0 radical (unpaired) electrons. The van der Waals surface area contributed by atoms with Gasteiger partial charge in [-0.15, -0.1) is 0 Å². The Morgan fingerprint density at radius 1 is 1.25 bits per heavy atom. The van der Waals surface area contributed by atoms with Gasteiger partial charge in [0.05, 0.1) is 12.7 Å². The topological polar surface area (TPSA) is 77.0 Å². The average molecular weight is 385 g/mol. The summed E-state index contributed by atoms with van der Waals surface area (Å²) in [4.78, 5) is 11.8. The fraction of sp³-hybridized carbons (Fsp3) is 0.409. The van der Waals surface area contributed by atoms with Crippen molar-refractivity contribution in [1.29, 1.82) is 0 Å². The zero-order chi connectivity index (χ0) is 19.9. The molecule has 6 nitrogen and oxygen atoms in total. The highest BCUT2D eigenvalue weighted by Gasteiger charge is 2.28. The van der Waals surface area contributed by atoms with E-state index >= 15 is 0 Å². The summed E-state index contributed by atoms with van der Waals surface area (Å²) in [6.07, 6.45) is -0.485. The summed E-state index contributed by atoms with van der Waals surface area (Å²) in [6, 6.07) is 15.5. The third kappa shape index (κ3) is 5.24. The molecule has 28 heavy (non-hydrogen) atoms. The van der Waals surface area contributed by atoms with E-state index in [4.69, 9.17) is 14.2 Å². The minimum Gasteiger partial charge on any atom is -0.485 e. The second-order valence-corrected chi connectivity index (χ2v) is 6.89. The molecule has 0 aliphatic carbocycles.